The topological polar surface area (TPSA) is 70.6 Å². The van der Waals surface area contributed by atoms with Gasteiger partial charge in [0.25, 0.3) is 0 Å². The quantitative estimate of drug-likeness (QED) is 0.713. The molecule has 1 unspecified atom stereocenters. The maximum absolute atomic E-state index is 11.4. The van der Waals surface area contributed by atoms with Gasteiger partial charge in [-0.25, -0.2) is 0 Å². The van der Waals surface area contributed by atoms with Gasteiger partial charge in [0.15, 0.2) is 0 Å². The van der Waals surface area contributed by atoms with Gasteiger partial charge in [0, 0.05) is 24.5 Å². The van der Waals surface area contributed by atoms with Gasteiger partial charge in [-0.1, -0.05) is 11.6 Å². The highest BCUT2D eigenvalue weighted by atomic mass is 35.5. The number of hydrogen-bond acceptors (Lipinski definition) is 4. The van der Waals surface area contributed by atoms with Crippen molar-refractivity contribution in [2.75, 3.05) is 25.5 Å². The number of halogens is 1. The summed E-state index contributed by atoms with van der Waals surface area (Å²) in [6.45, 7) is 2.34. The lowest BCUT2D eigenvalue weighted by Crippen LogP contribution is -2.31. The van der Waals surface area contributed by atoms with Gasteiger partial charge >= 0.3 is 0 Å². The Morgan fingerprint density at radius 3 is 2.89 bits per heavy atom. The normalized spacial score (nSPS) is 11.8. The molecule has 6 heteroatoms. The first-order valence-electron chi connectivity index (χ1n) is 6.05. The molecule has 0 aromatic heterocycles. The highest BCUT2D eigenvalue weighted by Crippen LogP contribution is 2.27. The number of aliphatic hydroxyl groups is 1. The van der Waals surface area contributed by atoms with Crippen LogP contribution in [-0.2, 0) is 4.79 Å². The number of anilines is 1. The average Bonchev–Trinajstić information content (AvgIpc) is 2.36. The molecule has 0 aliphatic heterocycles. The molecule has 0 aliphatic rings. The number of nitrogens with one attached hydrogen (secondary N) is 2. The zero-order chi connectivity index (χ0) is 14.3. The molecule has 1 amide bonds. The van der Waals surface area contributed by atoms with Gasteiger partial charge in [0.05, 0.1) is 18.9 Å². The Hall–Kier alpha value is -1.46. The number of rotatable bonds is 7. The molecule has 1 rings (SSSR count). The number of carbonyl (C=O) groups is 1. The molecular weight excluding hydrogens is 268 g/mol. The van der Waals surface area contributed by atoms with E-state index in [0.29, 0.717) is 23.7 Å². The molecule has 0 saturated heterocycles. The first kappa shape index (κ1) is 15.6. The van der Waals surface area contributed by atoms with Gasteiger partial charge in [-0.3, -0.25) is 4.79 Å². The number of methoxy groups -OCH3 is 1. The van der Waals surface area contributed by atoms with E-state index >= 15 is 0 Å². The molecule has 0 aliphatic carbocycles. The molecule has 1 aromatic carbocycles. The standard InChI is InChI=1S/C13H19ClN2O3/c1-9(17)8-16-13(18)5-6-15-11-7-10(14)3-4-12(11)19-2/h3-4,7,9,15,17H,5-6,8H2,1-2H3,(H,16,18). The van der Waals surface area contributed by atoms with Crippen LogP contribution in [0.2, 0.25) is 5.02 Å². The summed E-state index contributed by atoms with van der Waals surface area (Å²) >= 11 is 5.90. The Labute approximate surface area is 117 Å². The van der Waals surface area contributed by atoms with Gasteiger partial charge in [-0.2, -0.15) is 0 Å². The van der Waals surface area contributed by atoms with Crippen LogP contribution in [0.4, 0.5) is 5.69 Å². The Bertz CT molecular complexity index is 424. The van der Waals surface area contributed by atoms with E-state index in [2.05, 4.69) is 10.6 Å². The van der Waals surface area contributed by atoms with Crippen molar-refractivity contribution in [3.8, 4) is 5.75 Å². The summed E-state index contributed by atoms with van der Waals surface area (Å²) in [4.78, 5) is 11.4. The second-order valence-corrected chi connectivity index (χ2v) is 4.61. The van der Waals surface area contributed by atoms with Crippen molar-refractivity contribution in [1.29, 1.82) is 0 Å². The number of amides is 1. The van der Waals surface area contributed by atoms with Crippen LogP contribution in [0, 0.1) is 0 Å². The molecule has 3 N–H and O–H groups in total. The second-order valence-electron chi connectivity index (χ2n) is 4.17. The van der Waals surface area contributed by atoms with Crippen LogP contribution in [0.15, 0.2) is 18.2 Å². The lowest BCUT2D eigenvalue weighted by atomic mass is 10.2. The fourth-order valence-electron chi connectivity index (χ4n) is 1.48. The number of hydrogen-bond donors (Lipinski definition) is 3. The van der Waals surface area contributed by atoms with Crippen LogP contribution in [0.1, 0.15) is 13.3 Å². The Balaban J connectivity index is 2.40. The van der Waals surface area contributed by atoms with E-state index in [1.165, 1.54) is 0 Å². The fourth-order valence-corrected chi connectivity index (χ4v) is 1.65. The zero-order valence-corrected chi connectivity index (χ0v) is 11.8. The van der Waals surface area contributed by atoms with Crippen molar-refractivity contribution >= 4 is 23.2 Å². The molecule has 1 aromatic rings. The van der Waals surface area contributed by atoms with Gasteiger partial charge < -0.3 is 20.5 Å². The van der Waals surface area contributed by atoms with E-state index in [9.17, 15) is 4.79 Å². The predicted molar refractivity (Wildman–Crippen MR) is 75.8 cm³/mol. The van der Waals surface area contributed by atoms with Crippen molar-refractivity contribution in [3.05, 3.63) is 23.2 Å². The van der Waals surface area contributed by atoms with E-state index < -0.39 is 6.10 Å². The molecule has 106 valence electrons. The zero-order valence-electron chi connectivity index (χ0n) is 11.1. The van der Waals surface area contributed by atoms with Crippen LogP contribution in [-0.4, -0.2) is 37.3 Å². The third-order valence-electron chi connectivity index (χ3n) is 2.42. The summed E-state index contributed by atoms with van der Waals surface area (Å²) in [5.41, 5.74) is 0.748. The summed E-state index contributed by atoms with van der Waals surface area (Å²) in [6.07, 6.45) is -0.229. The van der Waals surface area contributed by atoms with Crippen LogP contribution < -0.4 is 15.4 Å². The van der Waals surface area contributed by atoms with E-state index in [1.807, 2.05) is 0 Å². The Kier molecular flexibility index (Phi) is 6.45. The number of carbonyl (C=O) groups excluding carboxylic acids is 1. The van der Waals surface area contributed by atoms with Crippen molar-refractivity contribution in [2.45, 2.75) is 19.4 Å². The highest BCUT2D eigenvalue weighted by Gasteiger charge is 2.06. The third-order valence-corrected chi connectivity index (χ3v) is 2.66. The number of aliphatic hydroxyl groups excluding tert-OH is 1. The minimum absolute atomic E-state index is 0.116. The fraction of sp³-hybridized carbons (Fsp3) is 0.462. The summed E-state index contributed by atoms with van der Waals surface area (Å²) in [7, 11) is 1.57. The van der Waals surface area contributed by atoms with Crippen molar-refractivity contribution in [3.63, 3.8) is 0 Å². The van der Waals surface area contributed by atoms with Crippen LogP contribution in [0.5, 0.6) is 5.75 Å². The predicted octanol–water partition coefficient (Wildman–Crippen LogP) is 1.65. The summed E-state index contributed by atoms with van der Waals surface area (Å²) in [5, 5.41) is 15.4. The van der Waals surface area contributed by atoms with Gasteiger partial charge in [-0.05, 0) is 25.1 Å². The van der Waals surface area contributed by atoms with E-state index in [0.717, 1.165) is 5.69 Å². The lowest BCUT2D eigenvalue weighted by molar-refractivity contribution is -0.121. The summed E-state index contributed by atoms with van der Waals surface area (Å²) in [6, 6.07) is 5.24. The SMILES string of the molecule is COc1ccc(Cl)cc1NCCC(=O)NCC(C)O. The van der Waals surface area contributed by atoms with Crippen molar-refractivity contribution < 1.29 is 14.6 Å². The molecule has 0 fully saturated rings. The maximum Gasteiger partial charge on any atom is 0.221 e. The molecule has 0 saturated carbocycles. The largest absolute Gasteiger partial charge is 0.495 e. The van der Waals surface area contributed by atoms with Gasteiger partial charge in [0.2, 0.25) is 5.91 Å². The minimum atomic E-state index is -0.537. The molecule has 0 spiro atoms. The third kappa shape index (κ3) is 5.81. The van der Waals surface area contributed by atoms with E-state index in [4.69, 9.17) is 21.4 Å². The Morgan fingerprint density at radius 2 is 2.26 bits per heavy atom. The maximum atomic E-state index is 11.4. The van der Waals surface area contributed by atoms with Crippen molar-refractivity contribution in [1.82, 2.24) is 5.32 Å². The van der Waals surface area contributed by atoms with Gasteiger partial charge in [-0.15, -0.1) is 0 Å². The molecule has 1 atom stereocenters. The molecule has 0 radical (unpaired) electrons. The van der Waals surface area contributed by atoms with Crippen LogP contribution >= 0.6 is 11.6 Å². The minimum Gasteiger partial charge on any atom is -0.495 e. The lowest BCUT2D eigenvalue weighted by Gasteiger charge is -2.12. The van der Waals surface area contributed by atoms with Crippen molar-refractivity contribution in [2.24, 2.45) is 0 Å². The molecule has 5 nitrogen and oxygen atoms in total. The first-order chi connectivity index (χ1) is 9.02. The van der Waals surface area contributed by atoms with E-state index in [-0.39, 0.29) is 12.5 Å². The summed E-state index contributed by atoms with van der Waals surface area (Å²) < 4.78 is 5.18. The summed E-state index contributed by atoms with van der Waals surface area (Å²) in [5.74, 6) is 0.559. The second kappa shape index (κ2) is 7.86. The van der Waals surface area contributed by atoms with Crippen LogP contribution in [0.3, 0.4) is 0 Å². The number of ether oxygens (including phenoxy) is 1. The highest BCUT2D eigenvalue weighted by molar-refractivity contribution is 6.30. The Morgan fingerprint density at radius 1 is 1.53 bits per heavy atom. The van der Waals surface area contributed by atoms with Crippen LogP contribution in [0.25, 0.3) is 0 Å². The monoisotopic (exact) mass is 286 g/mol. The molecular formula is C13H19ClN2O3. The smallest absolute Gasteiger partial charge is 0.221 e. The van der Waals surface area contributed by atoms with E-state index in [1.54, 1.807) is 32.2 Å². The first-order valence-corrected chi connectivity index (χ1v) is 6.43. The average molecular weight is 287 g/mol. The van der Waals surface area contributed by atoms with Gasteiger partial charge in [0.1, 0.15) is 5.75 Å². The molecule has 0 heterocycles. The molecule has 19 heavy (non-hydrogen) atoms. The molecule has 0 bridgehead atoms. The number of benzene rings is 1.